The van der Waals surface area contributed by atoms with Gasteiger partial charge in [-0.3, -0.25) is 0 Å². The molecule has 1 unspecified atom stereocenters. The van der Waals surface area contributed by atoms with Gasteiger partial charge in [-0.2, -0.15) is 0 Å². The number of nitrogens with one attached hydrogen (secondary N) is 2. The Morgan fingerprint density at radius 1 is 1.23 bits per heavy atom. The zero-order chi connectivity index (χ0) is 18.3. The van der Waals surface area contributed by atoms with Gasteiger partial charge in [0.2, 0.25) is 0 Å². The Hall–Kier alpha value is -2.34. The Balaban J connectivity index is 0.000000814. The molecule has 136 valence electrons. The van der Waals surface area contributed by atoms with Crippen LogP contribution in [0.5, 0.6) is 0 Å². The molecule has 2 N–H and O–H groups in total. The summed E-state index contributed by atoms with van der Waals surface area (Å²) in [6, 6.07) is 2.40. The fourth-order valence-corrected chi connectivity index (χ4v) is 4.19. The summed E-state index contributed by atoms with van der Waals surface area (Å²) < 4.78 is 2.18. The molecule has 0 saturated heterocycles. The molecule has 1 aliphatic carbocycles. The minimum Gasteiger partial charge on any atom is -0.357 e. The highest BCUT2D eigenvalue weighted by Gasteiger charge is 2.30. The van der Waals surface area contributed by atoms with Gasteiger partial charge in [-0.15, -0.1) is 0 Å². The Kier molecular flexibility index (Phi) is 4.44. The summed E-state index contributed by atoms with van der Waals surface area (Å²) in [5.74, 6) is 1.55. The standard InChI is InChI=1S/C17H17ClN6.C2H6/c1-9-6-12-13(22-9)14-17(23-15(12)18)24(8-21-14)11-3-2-10(7-11)16-19-4-5-20-16;1-2/h4-6,8,10-11,22H,2-3,7H2,1H3,(H,19,20);1-2H3/t10-,11?;/m1./s1. The number of hydrogen-bond acceptors (Lipinski definition) is 3. The second-order valence-corrected chi connectivity index (χ2v) is 6.96. The van der Waals surface area contributed by atoms with Gasteiger partial charge < -0.3 is 14.5 Å². The maximum atomic E-state index is 6.41. The average Bonchev–Trinajstić information content (AvgIpc) is 3.41. The number of pyridine rings is 1. The molecule has 4 aromatic heterocycles. The molecule has 1 aliphatic rings. The lowest BCUT2D eigenvalue weighted by Crippen LogP contribution is -2.05. The van der Waals surface area contributed by atoms with E-state index >= 15 is 0 Å². The van der Waals surface area contributed by atoms with Gasteiger partial charge in [0.05, 0.1) is 11.8 Å². The van der Waals surface area contributed by atoms with Crippen molar-refractivity contribution in [2.24, 2.45) is 0 Å². The summed E-state index contributed by atoms with van der Waals surface area (Å²) in [6.07, 6.45) is 8.87. The van der Waals surface area contributed by atoms with E-state index in [9.17, 15) is 0 Å². The lowest BCUT2D eigenvalue weighted by Gasteiger charge is -2.13. The number of H-pyrrole nitrogens is 2. The van der Waals surface area contributed by atoms with Crippen LogP contribution in [0.4, 0.5) is 0 Å². The number of aromatic nitrogens is 6. The molecule has 6 nitrogen and oxygen atoms in total. The molecular weight excluding hydrogens is 348 g/mol. The van der Waals surface area contributed by atoms with Crippen molar-refractivity contribution < 1.29 is 0 Å². The summed E-state index contributed by atoms with van der Waals surface area (Å²) in [5, 5.41) is 1.47. The number of nitrogens with zero attached hydrogens (tertiary/aromatic N) is 4. The van der Waals surface area contributed by atoms with Gasteiger partial charge in [0, 0.05) is 35.4 Å². The zero-order valence-electron chi connectivity index (χ0n) is 15.3. The van der Waals surface area contributed by atoms with Gasteiger partial charge in [-0.05, 0) is 32.3 Å². The van der Waals surface area contributed by atoms with Crippen molar-refractivity contribution in [2.75, 3.05) is 0 Å². The predicted octanol–water partition coefficient (Wildman–Crippen LogP) is 5.13. The maximum Gasteiger partial charge on any atom is 0.163 e. The molecule has 4 heterocycles. The van der Waals surface area contributed by atoms with E-state index in [4.69, 9.17) is 11.6 Å². The van der Waals surface area contributed by atoms with Crippen LogP contribution in [0, 0.1) is 6.92 Å². The molecular formula is C19H23ClN6. The van der Waals surface area contributed by atoms with Crippen LogP contribution < -0.4 is 0 Å². The summed E-state index contributed by atoms with van der Waals surface area (Å²) in [5.41, 5.74) is 3.79. The van der Waals surface area contributed by atoms with Gasteiger partial charge in [0.25, 0.3) is 0 Å². The Morgan fingerprint density at radius 2 is 2.08 bits per heavy atom. The molecule has 26 heavy (non-hydrogen) atoms. The summed E-state index contributed by atoms with van der Waals surface area (Å²) >= 11 is 6.41. The van der Waals surface area contributed by atoms with Crippen molar-refractivity contribution in [3.05, 3.63) is 41.5 Å². The fourth-order valence-electron chi connectivity index (χ4n) is 3.96. The molecule has 1 fully saturated rings. The molecule has 0 spiro atoms. The largest absolute Gasteiger partial charge is 0.357 e. The average molecular weight is 371 g/mol. The van der Waals surface area contributed by atoms with Crippen molar-refractivity contribution in [2.45, 2.75) is 52.0 Å². The van der Waals surface area contributed by atoms with Crippen LogP contribution in [-0.2, 0) is 0 Å². The molecule has 1 saturated carbocycles. The predicted molar refractivity (Wildman–Crippen MR) is 105 cm³/mol. The maximum absolute atomic E-state index is 6.41. The summed E-state index contributed by atoms with van der Waals surface area (Å²) in [6.45, 7) is 6.02. The van der Waals surface area contributed by atoms with Crippen LogP contribution in [0.2, 0.25) is 5.15 Å². The van der Waals surface area contributed by atoms with Crippen LogP contribution in [0.15, 0.2) is 24.8 Å². The van der Waals surface area contributed by atoms with Gasteiger partial charge in [0.15, 0.2) is 5.65 Å². The fraction of sp³-hybridized carbons (Fsp3) is 0.421. The zero-order valence-corrected chi connectivity index (χ0v) is 16.0. The van der Waals surface area contributed by atoms with Gasteiger partial charge in [-0.1, -0.05) is 25.4 Å². The second-order valence-electron chi connectivity index (χ2n) is 6.61. The third-order valence-corrected chi connectivity index (χ3v) is 5.38. The first kappa shape index (κ1) is 17.1. The number of rotatable bonds is 2. The summed E-state index contributed by atoms with van der Waals surface area (Å²) in [7, 11) is 0. The van der Waals surface area contributed by atoms with Gasteiger partial charge in [0.1, 0.15) is 16.5 Å². The molecule has 0 aliphatic heterocycles. The van der Waals surface area contributed by atoms with E-state index in [1.807, 2.05) is 45.6 Å². The molecule has 2 atom stereocenters. The molecule has 0 bridgehead atoms. The number of hydrogen-bond donors (Lipinski definition) is 2. The third-order valence-electron chi connectivity index (χ3n) is 5.09. The van der Waals surface area contributed by atoms with Crippen molar-refractivity contribution in [3.8, 4) is 0 Å². The first-order chi connectivity index (χ1) is 12.7. The van der Waals surface area contributed by atoms with Gasteiger partial charge >= 0.3 is 0 Å². The molecule has 5 rings (SSSR count). The number of imidazole rings is 2. The van der Waals surface area contributed by atoms with E-state index in [-0.39, 0.29) is 0 Å². The van der Waals surface area contributed by atoms with E-state index in [2.05, 4.69) is 29.5 Å². The Morgan fingerprint density at radius 3 is 2.85 bits per heavy atom. The van der Waals surface area contributed by atoms with Crippen molar-refractivity contribution in [1.82, 2.24) is 29.5 Å². The minimum absolute atomic E-state index is 0.377. The van der Waals surface area contributed by atoms with Crippen molar-refractivity contribution in [1.29, 1.82) is 0 Å². The monoisotopic (exact) mass is 370 g/mol. The van der Waals surface area contributed by atoms with Crippen LogP contribution in [0.1, 0.15) is 56.6 Å². The number of halogens is 1. The summed E-state index contributed by atoms with van der Waals surface area (Å²) in [4.78, 5) is 20.3. The van der Waals surface area contributed by atoms with E-state index in [1.54, 1.807) is 0 Å². The van der Waals surface area contributed by atoms with Crippen LogP contribution >= 0.6 is 11.6 Å². The number of fused-ring (bicyclic) bond motifs is 3. The molecule has 7 heteroatoms. The topological polar surface area (TPSA) is 75.2 Å². The lowest BCUT2D eigenvalue weighted by molar-refractivity contribution is 0.517. The van der Waals surface area contributed by atoms with E-state index in [0.717, 1.165) is 52.8 Å². The molecule has 0 amide bonds. The molecule has 4 aromatic rings. The highest BCUT2D eigenvalue weighted by molar-refractivity contribution is 6.35. The smallest absolute Gasteiger partial charge is 0.163 e. The van der Waals surface area contributed by atoms with Crippen LogP contribution in [0.3, 0.4) is 0 Å². The van der Waals surface area contributed by atoms with E-state index in [1.165, 1.54) is 0 Å². The Labute approximate surface area is 157 Å². The minimum atomic E-state index is 0.377. The Bertz CT molecular complexity index is 1030. The van der Waals surface area contributed by atoms with Crippen LogP contribution in [-0.4, -0.2) is 29.5 Å². The van der Waals surface area contributed by atoms with Gasteiger partial charge in [-0.25, -0.2) is 15.0 Å². The van der Waals surface area contributed by atoms with E-state index in [0.29, 0.717) is 17.1 Å². The van der Waals surface area contributed by atoms with Crippen molar-refractivity contribution in [3.63, 3.8) is 0 Å². The second kappa shape index (κ2) is 6.76. The van der Waals surface area contributed by atoms with E-state index < -0.39 is 0 Å². The molecule has 0 radical (unpaired) electrons. The highest BCUT2D eigenvalue weighted by Crippen LogP contribution is 2.41. The van der Waals surface area contributed by atoms with Crippen LogP contribution in [0.25, 0.3) is 22.1 Å². The normalized spacial score (nSPS) is 19.8. The number of aromatic amines is 2. The number of aryl methyl sites for hydroxylation is 1. The first-order valence-corrected chi connectivity index (χ1v) is 9.59. The molecule has 0 aromatic carbocycles. The van der Waals surface area contributed by atoms with Crippen molar-refractivity contribution >= 4 is 33.7 Å². The highest BCUT2D eigenvalue weighted by atomic mass is 35.5. The first-order valence-electron chi connectivity index (χ1n) is 9.21. The lowest BCUT2D eigenvalue weighted by atomic mass is 10.1. The third kappa shape index (κ3) is 2.69. The quantitative estimate of drug-likeness (QED) is 0.480. The SMILES string of the molecule is CC.Cc1cc2c(Cl)nc3c(ncn3C3CC[C@@H](c4ncc[nH]4)C3)c2[nH]1.